The van der Waals surface area contributed by atoms with E-state index in [0.717, 1.165) is 11.8 Å². The lowest BCUT2D eigenvalue weighted by atomic mass is 10.0. The number of fused-ring (bicyclic) bond motifs is 1. The molecule has 0 aliphatic heterocycles. The van der Waals surface area contributed by atoms with Gasteiger partial charge in [-0.2, -0.15) is 0 Å². The van der Waals surface area contributed by atoms with Crippen molar-refractivity contribution in [2.45, 2.75) is 6.54 Å². The highest BCUT2D eigenvalue weighted by molar-refractivity contribution is 5.92. The first-order valence-electron chi connectivity index (χ1n) is 8.84. The van der Waals surface area contributed by atoms with Crippen LogP contribution in [0.15, 0.2) is 77.7 Å². The minimum absolute atomic E-state index is 0.0611. The lowest BCUT2D eigenvalue weighted by Gasteiger charge is -2.14. The molecule has 4 nitrogen and oxygen atoms in total. The SMILES string of the molecule is O=C(O)c1cn(Cc2ccc(-c3ccccc3)cc2F)c2c(F)cccc2c1=O. The number of para-hydroxylation sites is 1. The molecule has 0 unspecified atom stereocenters. The number of carboxylic acid groups (broad SMARTS) is 1. The first kappa shape index (κ1) is 18.6. The van der Waals surface area contributed by atoms with Gasteiger partial charge in [0.05, 0.1) is 12.1 Å². The van der Waals surface area contributed by atoms with Gasteiger partial charge >= 0.3 is 5.97 Å². The predicted molar refractivity (Wildman–Crippen MR) is 106 cm³/mol. The zero-order chi connectivity index (χ0) is 20.5. The summed E-state index contributed by atoms with van der Waals surface area (Å²) in [4.78, 5) is 23.8. The Morgan fingerprint density at radius 2 is 1.66 bits per heavy atom. The number of carboxylic acids is 1. The van der Waals surface area contributed by atoms with E-state index in [2.05, 4.69) is 0 Å². The Balaban J connectivity index is 1.83. The van der Waals surface area contributed by atoms with Crippen LogP contribution in [0.3, 0.4) is 0 Å². The van der Waals surface area contributed by atoms with Crippen LogP contribution in [0, 0.1) is 11.6 Å². The third-order valence-electron chi connectivity index (χ3n) is 4.78. The van der Waals surface area contributed by atoms with Gasteiger partial charge in [-0.25, -0.2) is 13.6 Å². The Bertz CT molecular complexity index is 1300. The van der Waals surface area contributed by atoms with Gasteiger partial charge in [-0.05, 0) is 29.3 Å². The van der Waals surface area contributed by atoms with Gasteiger partial charge in [-0.15, -0.1) is 0 Å². The molecule has 0 spiro atoms. The van der Waals surface area contributed by atoms with E-state index >= 15 is 0 Å². The van der Waals surface area contributed by atoms with Gasteiger partial charge in [0.1, 0.15) is 17.2 Å². The maximum absolute atomic E-state index is 14.8. The van der Waals surface area contributed by atoms with Crippen molar-refractivity contribution < 1.29 is 18.7 Å². The number of hydrogen-bond donors (Lipinski definition) is 1. The second-order valence-corrected chi connectivity index (χ2v) is 6.61. The van der Waals surface area contributed by atoms with Gasteiger partial charge in [0.15, 0.2) is 0 Å². The van der Waals surface area contributed by atoms with Crippen LogP contribution in [-0.2, 0) is 6.54 Å². The fraction of sp³-hybridized carbons (Fsp3) is 0.0435. The summed E-state index contributed by atoms with van der Waals surface area (Å²) in [6, 6.07) is 17.9. The normalized spacial score (nSPS) is 11.0. The van der Waals surface area contributed by atoms with E-state index in [1.807, 2.05) is 30.3 Å². The molecular formula is C23H15F2NO3. The van der Waals surface area contributed by atoms with Crippen molar-refractivity contribution in [3.05, 3.63) is 106 Å². The molecule has 0 saturated carbocycles. The third kappa shape index (κ3) is 3.40. The molecule has 29 heavy (non-hydrogen) atoms. The van der Waals surface area contributed by atoms with Crippen LogP contribution in [0.25, 0.3) is 22.0 Å². The molecule has 4 aromatic rings. The summed E-state index contributed by atoms with van der Waals surface area (Å²) in [7, 11) is 0. The molecule has 1 aromatic heterocycles. The number of pyridine rings is 1. The predicted octanol–water partition coefficient (Wildman–Crippen LogP) is 4.69. The molecule has 0 radical (unpaired) electrons. The maximum atomic E-state index is 14.8. The Morgan fingerprint density at radius 1 is 0.897 bits per heavy atom. The van der Waals surface area contributed by atoms with E-state index in [1.165, 1.54) is 28.8 Å². The van der Waals surface area contributed by atoms with Gasteiger partial charge < -0.3 is 9.67 Å². The number of benzene rings is 3. The highest BCUT2D eigenvalue weighted by Gasteiger charge is 2.17. The molecule has 4 rings (SSSR count). The molecule has 0 aliphatic rings. The van der Waals surface area contributed by atoms with Crippen LogP contribution in [-0.4, -0.2) is 15.6 Å². The van der Waals surface area contributed by atoms with E-state index in [0.29, 0.717) is 5.56 Å². The Hall–Kier alpha value is -3.80. The molecule has 1 heterocycles. The summed E-state index contributed by atoms with van der Waals surface area (Å²) in [5, 5.41) is 9.26. The number of halogens is 2. The quantitative estimate of drug-likeness (QED) is 0.549. The second-order valence-electron chi connectivity index (χ2n) is 6.61. The highest BCUT2D eigenvalue weighted by atomic mass is 19.1. The van der Waals surface area contributed by atoms with Crippen LogP contribution in [0.2, 0.25) is 0 Å². The maximum Gasteiger partial charge on any atom is 0.341 e. The zero-order valence-corrected chi connectivity index (χ0v) is 15.1. The van der Waals surface area contributed by atoms with Gasteiger partial charge in [-0.3, -0.25) is 4.79 Å². The van der Waals surface area contributed by atoms with Crippen molar-refractivity contribution in [2.24, 2.45) is 0 Å². The van der Waals surface area contributed by atoms with E-state index in [4.69, 9.17) is 0 Å². The average Bonchev–Trinajstić information content (AvgIpc) is 2.72. The summed E-state index contributed by atoms with van der Waals surface area (Å²) in [5.41, 5.74) is 0.454. The smallest absolute Gasteiger partial charge is 0.341 e. The lowest BCUT2D eigenvalue weighted by molar-refractivity contribution is 0.0695. The van der Waals surface area contributed by atoms with Crippen molar-refractivity contribution in [2.75, 3.05) is 0 Å². The summed E-state index contributed by atoms with van der Waals surface area (Å²) in [6.45, 7) is -0.126. The molecule has 3 aromatic carbocycles. The fourth-order valence-electron chi connectivity index (χ4n) is 3.36. The lowest BCUT2D eigenvalue weighted by Crippen LogP contribution is -2.20. The average molecular weight is 391 g/mol. The standard InChI is InChI=1S/C23H15F2NO3/c24-19-8-4-7-17-21(19)26(13-18(22(17)27)23(28)29)12-16-10-9-15(11-20(16)25)14-5-2-1-3-6-14/h1-11,13H,12H2,(H,28,29). The van der Waals surface area contributed by atoms with Gasteiger partial charge in [0.2, 0.25) is 5.43 Å². The first-order valence-corrected chi connectivity index (χ1v) is 8.84. The first-order chi connectivity index (χ1) is 14.0. The monoisotopic (exact) mass is 391 g/mol. The van der Waals surface area contributed by atoms with Crippen molar-refractivity contribution in [3.8, 4) is 11.1 Å². The molecule has 0 fully saturated rings. The van der Waals surface area contributed by atoms with Gasteiger partial charge in [0, 0.05) is 17.1 Å². The summed E-state index contributed by atoms with van der Waals surface area (Å²) < 4.78 is 30.5. The van der Waals surface area contributed by atoms with Crippen LogP contribution in [0.5, 0.6) is 0 Å². The summed E-state index contributed by atoms with van der Waals surface area (Å²) in [6.07, 6.45) is 1.06. The number of aromatic nitrogens is 1. The Kier molecular flexibility index (Phi) is 4.68. The molecule has 6 heteroatoms. The van der Waals surface area contributed by atoms with Crippen molar-refractivity contribution in [3.63, 3.8) is 0 Å². The third-order valence-corrected chi connectivity index (χ3v) is 4.78. The van der Waals surface area contributed by atoms with Crippen molar-refractivity contribution in [1.29, 1.82) is 0 Å². The summed E-state index contributed by atoms with van der Waals surface area (Å²) in [5.74, 6) is -2.61. The fourth-order valence-corrected chi connectivity index (χ4v) is 3.36. The molecule has 0 aliphatic carbocycles. The molecule has 0 atom stereocenters. The summed E-state index contributed by atoms with van der Waals surface area (Å²) >= 11 is 0. The minimum atomic E-state index is -1.42. The molecule has 0 saturated heterocycles. The topological polar surface area (TPSA) is 59.3 Å². The van der Waals surface area contributed by atoms with E-state index in [-0.39, 0.29) is 23.0 Å². The van der Waals surface area contributed by atoms with Gasteiger partial charge in [0.25, 0.3) is 0 Å². The zero-order valence-electron chi connectivity index (χ0n) is 15.1. The number of hydrogen-bond acceptors (Lipinski definition) is 2. The van der Waals surface area contributed by atoms with Gasteiger partial charge in [-0.1, -0.05) is 48.5 Å². The van der Waals surface area contributed by atoms with Crippen LogP contribution in [0.4, 0.5) is 8.78 Å². The minimum Gasteiger partial charge on any atom is -0.477 e. The van der Waals surface area contributed by atoms with E-state index < -0.39 is 28.6 Å². The van der Waals surface area contributed by atoms with Crippen molar-refractivity contribution >= 4 is 16.9 Å². The number of carbonyl (C=O) groups is 1. The number of rotatable bonds is 4. The molecule has 144 valence electrons. The van der Waals surface area contributed by atoms with Crippen LogP contribution < -0.4 is 5.43 Å². The highest BCUT2D eigenvalue weighted by Crippen LogP contribution is 2.24. The van der Waals surface area contributed by atoms with Crippen LogP contribution >= 0.6 is 0 Å². The van der Waals surface area contributed by atoms with E-state index in [1.54, 1.807) is 12.1 Å². The largest absolute Gasteiger partial charge is 0.477 e. The molecule has 0 amide bonds. The van der Waals surface area contributed by atoms with Crippen LogP contribution in [0.1, 0.15) is 15.9 Å². The van der Waals surface area contributed by atoms with Crippen molar-refractivity contribution in [1.82, 2.24) is 4.57 Å². The molecule has 0 bridgehead atoms. The molecule has 1 N–H and O–H groups in total. The molecular weight excluding hydrogens is 376 g/mol. The van der Waals surface area contributed by atoms with E-state index in [9.17, 15) is 23.5 Å². The number of nitrogens with zero attached hydrogens (tertiary/aromatic N) is 1. The Labute approximate surface area is 164 Å². The Morgan fingerprint density at radius 3 is 2.34 bits per heavy atom. The second kappa shape index (κ2) is 7.31. The number of aromatic carboxylic acids is 1.